The quantitative estimate of drug-likeness (QED) is 0.765. The summed E-state index contributed by atoms with van der Waals surface area (Å²) in [4.78, 5) is 0. The Bertz CT molecular complexity index is 325. The van der Waals surface area contributed by atoms with E-state index in [-0.39, 0.29) is 12.0 Å². The summed E-state index contributed by atoms with van der Waals surface area (Å²) in [6, 6.07) is 5.39. The lowest BCUT2D eigenvalue weighted by atomic mass is 9.77. The Labute approximate surface area is 87.3 Å². The zero-order valence-corrected chi connectivity index (χ0v) is 8.52. The molecule has 0 heterocycles. The molecule has 2 rings (SSSR count). The van der Waals surface area contributed by atoms with Gasteiger partial charge in [-0.05, 0) is 36.6 Å². The maximum atomic E-state index is 9.47. The second kappa shape index (κ2) is 3.49. The smallest absolute Gasteiger partial charge is 0.0609 e. The lowest BCUT2D eigenvalue weighted by Crippen LogP contribution is -2.29. The van der Waals surface area contributed by atoms with Crippen molar-refractivity contribution >= 4 is 23.2 Å². The van der Waals surface area contributed by atoms with Crippen LogP contribution in [0.5, 0.6) is 0 Å². The SMILES string of the molecule is OC1CCC1c1cc(Cl)ccc1Cl. The van der Waals surface area contributed by atoms with Crippen molar-refractivity contribution in [1.82, 2.24) is 0 Å². The minimum atomic E-state index is -0.240. The van der Waals surface area contributed by atoms with Crippen molar-refractivity contribution in [1.29, 1.82) is 0 Å². The zero-order valence-electron chi connectivity index (χ0n) is 7.00. The predicted octanol–water partition coefficient (Wildman–Crippen LogP) is 3.23. The van der Waals surface area contributed by atoms with Gasteiger partial charge in [0.05, 0.1) is 6.10 Å². The highest BCUT2D eigenvalue weighted by Crippen LogP contribution is 2.40. The summed E-state index contributed by atoms with van der Waals surface area (Å²) in [6.45, 7) is 0. The first kappa shape index (κ1) is 9.32. The monoisotopic (exact) mass is 216 g/mol. The molecule has 0 bridgehead atoms. The van der Waals surface area contributed by atoms with Gasteiger partial charge in [0, 0.05) is 16.0 Å². The topological polar surface area (TPSA) is 20.2 Å². The molecule has 1 aliphatic carbocycles. The summed E-state index contributed by atoms with van der Waals surface area (Å²) >= 11 is 11.8. The molecule has 1 fully saturated rings. The molecule has 2 unspecified atom stereocenters. The van der Waals surface area contributed by atoms with E-state index in [9.17, 15) is 5.11 Å². The highest BCUT2D eigenvalue weighted by atomic mass is 35.5. The Morgan fingerprint density at radius 2 is 2.00 bits per heavy atom. The van der Waals surface area contributed by atoms with Gasteiger partial charge in [0.25, 0.3) is 0 Å². The zero-order chi connectivity index (χ0) is 9.42. The molecule has 2 atom stereocenters. The van der Waals surface area contributed by atoms with Crippen LogP contribution in [0.1, 0.15) is 24.3 Å². The number of halogens is 2. The highest BCUT2D eigenvalue weighted by Gasteiger charge is 2.31. The Morgan fingerprint density at radius 3 is 2.54 bits per heavy atom. The van der Waals surface area contributed by atoms with E-state index in [0.717, 1.165) is 18.4 Å². The molecule has 1 N–H and O–H groups in total. The summed E-state index contributed by atoms with van der Waals surface area (Å²) in [5.74, 6) is 0.186. The molecule has 0 aliphatic heterocycles. The van der Waals surface area contributed by atoms with Gasteiger partial charge in [-0.1, -0.05) is 23.2 Å². The van der Waals surface area contributed by atoms with Gasteiger partial charge in [-0.3, -0.25) is 0 Å². The van der Waals surface area contributed by atoms with Crippen molar-refractivity contribution in [2.75, 3.05) is 0 Å². The summed E-state index contributed by atoms with van der Waals surface area (Å²) in [5, 5.41) is 10.9. The minimum absolute atomic E-state index is 0.186. The van der Waals surface area contributed by atoms with E-state index in [2.05, 4.69) is 0 Å². The Hall–Kier alpha value is -0.240. The van der Waals surface area contributed by atoms with Crippen molar-refractivity contribution in [3.63, 3.8) is 0 Å². The Balaban J connectivity index is 2.33. The van der Waals surface area contributed by atoms with Gasteiger partial charge in [0.15, 0.2) is 0 Å². The number of aliphatic hydroxyl groups excluding tert-OH is 1. The molecule has 3 heteroatoms. The number of aliphatic hydroxyl groups is 1. The number of rotatable bonds is 1. The first-order valence-corrected chi connectivity index (χ1v) is 5.07. The molecule has 0 spiro atoms. The van der Waals surface area contributed by atoms with Gasteiger partial charge in [-0.25, -0.2) is 0 Å². The number of hydrogen-bond donors (Lipinski definition) is 1. The molecule has 1 saturated carbocycles. The first-order valence-electron chi connectivity index (χ1n) is 4.31. The Kier molecular flexibility index (Phi) is 2.50. The molecule has 1 aliphatic rings. The molecule has 70 valence electrons. The summed E-state index contributed by atoms with van der Waals surface area (Å²) in [5.41, 5.74) is 0.980. The van der Waals surface area contributed by atoms with Gasteiger partial charge < -0.3 is 5.11 Å². The molecule has 1 nitrogen and oxygen atoms in total. The third-order valence-corrected chi connectivity index (χ3v) is 3.17. The van der Waals surface area contributed by atoms with Gasteiger partial charge >= 0.3 is 0 Å². The van der Waals surface area contributed by atoms with Crippen LogP contribution in [0.25, 0.3) is 0 Å². The van der Waals surface area contributed by atoms with E-state index in [1.165, 1.54) is 0 Å². The lowest BCUT2D eigenvalue weighted by molar-refractivity contribution is 0.0662. The number of hydrogen-bond acceptors (Lipinski definition) is 1. The minimum Gasteiger partial charge on any atom is -0.392 e. The second-order valence-corrected chi connectivity index (χ2v) is 4.26. The van der Waals surface area contributed by atoms with Crippen molar-refractivity contribution in [3.8, 4) is 0 Å². The molecule has 0 saturated heterocycles. The lowest BCUT2D eigenvalue weighted by Gasteiger charge is -2.33. The normalized spacial score (nSPS) is 27.0. The molecule has 0 radical (unpaired) electrons. The average molecular weight is 217 g/mol. The van der Waals surface area contributed by atoms with Gasteiger partial charge in [0.1, 0.15) is 0 Å². The summed E-state index contributed by atoms with van der Waals surface area (Å²) in [7, 11) is 0. The second-order valence-electron chi connectivity index (χ2n) is 3.42. The fourth-order valence-corrected chi connectivity index (χ4v) is 2.08. The predicted molar refractivity (Wildman–Crippen MR) is 54.4 cm³/mol. The van der Waals surface area contributed by atoms with E-state index in [1.807, 2.05) is 6.07 Å². The van der Waals surface area contributed by atoms with E-state index in [4.69, 9.17) is 23.2 Å². The van der Waals surface area contributed by atoms with Crippen LogP contribution in [-0.2, 0) is 0 Å². The van der Waals surface area contributed by atoms with Crippen LogP contribution in [0, 0.1) is 0 Å². The molecule has 1 aromatic rings. The van der Waals surface area contributed by atoms with Gasteiger partial charge in [-0.2, -0.15) is 0 Å². The van der Waals surface area contributed by atoms with Crippen molar-refractivity contribution in [2.24, 2.45) is 0 Å². The first-order chi connectivity index (χ1) is 6.18. The van der Waals surface area contributed by atoms with Crippen LogP contribution in [0.3, 0.4) is 0 Å². The maximum absolute atomic E-state index is 9.47. The van der Waals surface area contributed by atoms with E-state index in [0.29, 0.717) is 10.0 Å². The standard InChI is InChI=1S/C10H10Cl2O/c11-6-1-3-9(12)8(5-6)7-2-4-10(7)13/h1,3,5,7,10,13H,2,4H2. The molecule has 0 aromatic heterocycles. The fourth-order valence-electron chi connectivity index (χ4n) is 1.64. The van der Waals surface area contributed by atoms with E-state index < -0.39 is 0 Å². The third-order valence-electron chi connectivity index (χ3n) is 2.60. The van der Waals surface area contributed by atoms with Crippen LogP contribution in [0.4, 0.5) is 0 Å². The van der Waals surface area contributed by atoms with Crippen molar-refractivity contribution < 1.29 is 5.11 Å². The van der Waals surface area contributed by atoms with E-state index >= 15 is 0 Å². The Morgan fingerprint density at radius 1 is 1.23 bits per heavy atom. The van der Waals surface area contributed by atoms with E-state index in [1.54, 1.807) is 12.1 Å². The maximum Gasteiger partial charge on any atom is 0.0609 e. The van der Waals surface area contributed by atoms with Crippen LogP contribution >= 0.6 is 23.2 Å². The third kappa shape index (κ3) is 1.69. The molecule has 0 amide bonds. The molecular weight excluding hydrogens is 207 g/mol. The summed E-state index contributed by atoms with van der Waals surface area (Å²) in [6.07, 6.45) is 1.63. The largest absolute Gasteiger partial charge is 0.392 e. The highest BCUT2D eigenvalue weighted by molar-refractivity contribution is 6.33. The van der Waals surface area contributed by atoms with Crippen LogP contribution in [0.2, 0.25) is 10.0 Å². The molecule has 1 aromatic carbocycles. The average Bonchev–Trinajstić information content (AvgIpc) is 2.09. The molecule has 13 heavy (non-hydrogen) atoms. The van der Waals surface area contributed by atoms with Gasteiger partial charge in [-0.15, -0.1) is 0 Å². The van der Waals surface area contributed by atoms with Crippen molar-refractivity contribution in [3.05, 3.63) is 33.8 Å². The van der Waals surface area contributed by atoms with Crippen LogP contribution in [0.15, 0.2) is 18.2 Å². The van der Waals surface area contributed by atoms with Crippen LogP contribution in [-0.4, -0.2) is 11.2 Å². The fraction of sp³-hybridized carbons (Fsp3) is 0.400. The van der Waals surface area contributed by atoms with Gasteiger partial charge in [0.2, 0.25) is 0 Å². The molecular formula is C10H10Cl2O. The van der Waals surface area contributed by atoms with Crippen LogP contribution < -0.4 is 0 Å². The summed E-state index contributed by atoms with van der Waals surface area (Å²) < 4.78 is 0. The number of benzene rings is 1. The van der Waals surface area contributed by atoms with Crippen molar-refractivity contribution in [2.45, 2.75) is 24.9 Å².